The van der Waals surface area contributed by atoms with Gasteiger partial charge in [0.1, 0.15) is 17.5 Å². The van der Waals surface area contributed by atoms with Crippen LogP contribution in [0.1, 0.15) is 15.9 Å². The molecule has 1 N–H and O–H groups in total. The molecule has 0 aliphatic carbocycles. The molecule has 0 atom stereocenters. The lowest BCUT2D eigenvalue weighted by Gasteiger charge is -2.02. The number of halogens is 3. The zero-order valence-electron chi connectivity index (χ0n) is 10.8. The first-order chi connectivity index (χ1) is 10.1. The molecule has 0 aromatic heterocycles. The molecule has 2 nitrogen and oxygen atoms in total. The summed E-state index contributed by atoms with van der Waals surface area (Å²) in [4.78, 5) is 11.6. The van der Waals surface area contributed by atoms with Crippen LogP contribution in [0.3, 0.4) is 0 Å². The summed E-state index contributed by atoms with van der Waals surface area (Å²) in [5, 5.41) is 2.39. The summed E-state index contributed by atoms with van der Waals surface area (Å²) in [6, 6.07) is 8.26. The van der Waals surface area contributed by atoms with Crippen molar-refractivity contribution in [2.45, 2.75) is 0 Å². The second-order valence-electron chi connectivity index (χ2n) is 4.12. The Morgan fingerprint density at radius 2 is 1.67 bits per heavy atom. The van der Waals surface area contributed by atoms with Gasteiger partial charge in [0.15, 0.2) is 0 Å². The predicted octanol–water partition coefficient (Wildman–Crippen LogP) is 2.89. The van der Waals surface area contributed by atoms with E-state index in [1.165, 1.54) is 24.3 Å². The molecule has 0 saturated carbocycles. The molecule has 1 amide bonds. The highest BCUT2D eigenvalue weighted by atomic mass is 19.1. The zero-order chi connectivity index (χ0) is 15.2. The van der Waals surface area contributed by atoms with Crippen LogP contribution in [0.5, 0.6) is 0 Å². The lowest BCUT2D eigenvalue weighted by molar-refractivity contribution is 0.0954. The highest BCUT2D eigenvalue weighted by molar-refractivity contribution is 5.94. The van der Waals surface area contributed by atoms with E-state index in [-0.39, 0.29) is 17.9 Å². The van der Waals surface area contributed by atoms with Crippen molar-refractivity contribution >= 4 is 5.91 Å². The van der Waals surface area contributed by atoms with E-state index in [2.05, 4.69) is 17.2 Å². The van der Waals surface area contributed by atoms with Gasteiger partial charge < -0.3 is 5.32 Å². The van der Waals surface area contributed by atoms with Crippen molar-refractivity contribution in [2.24, 2.45) is 0 Å². The molecule has 106 valence electrons. The van der Waals surface area contributed by atoms with Crippen LogP contribution < -0.4 is 5.32 Å². The average Bonchev–Trinajstić information content (AvgIpc) is 2.45. The quantitative estimate of drug-likeness (QED) is 0.846. The Morgan fingerprint density at radius 1 is 1.00 bits per heavy atom. The highest BCUT2D eigenvalue weighted by Gasteiger charge is 2.11. The van der Waals surface area contributed by atoms with Gasteiger partial charge in [-0.25, -0.2) is 13.2 Å². The van der Waals surface area contributed by atoms with Gasteiger partial charge in [0.05, 0.1) is 12.1 Å². The van der Waals surface area contributed by atoms with E-state index < -0.39 is 17.5 Å². The largest absolute Gasteiger partial charge is 0.341 e. The standard InChI is InChI=1S/C16H10F3NO/c17-12-5-3-11(4-6-12)2-1-9-20-16(21)14-8-7-13(18)10-15(14)19/h3-8,10H,9H2,(H,20,21). The van der Waals surface area contributed by atoms with Gasteiger partial charge in [-0.3, -0.25) is 4.79 Å². The number of carbonyl (C=O) groups excluding carboxylic acids is 1. The molecule has 2 rings (SSSR count). The smallest absolute Gasteiger partial charge is 0.255 e. The van der Waals surface area contributed by atoms with Crippen LogP contribution in [-0.4, -0.2) is 12.5 Å². The maximum absolute atomic E-state index is 13.3. The van der Waals surface area contributed by atoms with Gasteiger partial charge in [-0.05, 0) is 36.4 Å². The number of amides is 1. The van der Waals surface area contributed by atoms with Crippen molar-refractivity contribution in [1.29, 1.82) is 0 Å². The molecular weight excluding hydrogens is 279 g/mol. The van der Waals surface area contributed by atoms with Crippen LogP contribution in [-0.2, 0) is 0 Å². The van der Waals surface area contributed by atoms with Gasteiger partial charge in [-0.15, -0.1) is 0 Å². The van der Waals surface area contributed by atoms with E-state index in [1.807, 2.05) is 0 Å². The van der Waals surface area contributed by atoms with Crippen LogP contribution in [0.25, 0.3) is 0 Å². The first-order valence-electron chi connectivity index (χ1n) is 6.04. The molecule has 5 heteroatoms. The first-order valence-corrected chi connectivity index (χ1v) is 6.04. The SMILES string of the molecule is O=C(NCC#Cc1ccc(F)cc1)c1ccc(F)cc1F. The minimum absolute atomic E-state index is 0.00692. The number of benzene rings is 2. The van der Waals surface area contributed by atoms with Gasteiger partial charge in [0, 0.05) is 11.6 Å². The van der Waals surface area contributed by atoms with E-state index >= 15 is 0 Å². The third kappa shape index (κ3) is 4.11. The fourth-order valence-corrected chi connectivity index (χ4v) is 1.57. The van der Waals surface area contributed by atoms with E-state index in [0.717, 1.165) is 12.1 Å². The fourth-order valence-electron chi connectivity index (χ4n) is 1.57. The highest BCUT2D eigenvalue weighted by Crippen LogP contribution is 2.09. The van der Waals surface area contributed by atoms with Crippen molar-refractivity contribution < 1.29 is 18.0 Å². The molecule has 0 aliphatic rings. The normalized spacial score (nSPS) is 9.67. The summed E-state index contributed by atoms with van der Waals surface area (Å²) in [7, 11) is 0. The number of hydrogen-bond acceptors (Lipinski definition) is 1. The molecular formula is C16H10F3NO. The molecule has 0 unspecified atom stereocenters. The Balaban J connectivity index is 1.94. The Morgan fingerprint density at radius 3 is 2.33 bits per heavy atom. The number of nitrogens with one attached hydrogen (secondary N) is 1. The van der Waals surface area contributed by atoms with Gasteiger partial charge in [0.2, 0.25) is 0 Å². The summed E-state index contributed by atoms with van der Waals surface area (Å²) in [5.74, 6) is 2.65. The minimum Gasteiger partial charge on any atom is -0.341 e. The Bertz CT molecular complexity index is 715. The molecule has 0 saturated heterocycles. The molecule has 0 fully saturated rings. The van der Waals surface area contributed by atoms with E-state index in [9.17, 15) is 18.0 Å². The van der Waals surface area contributed by atoms with Crippen LogP contribution in [0.4, 0.5) is 13.2 Å². The van der Waals surface area contributed by atoms with Crippen LogP contribution in [0, 0.1) is 29.3 Å². The van der Waals surface area contributed by atoms with Crippen molar-refractivity contribution in [1.82, 2.24) is 5.32 Å². The Hall–Kier alpha value is -2.74. The first kappa shape index (κ1) is 14.7. The summed E-state index contributed by atoms with van der Waals surface area (Å²) in [6.45, 7) is -0.00692. The molecule has 21 heavy (non-hydrogen) atoms. The molecule has 2 aromatic rings. The molecule has 0 aliphatic heterocycles. The number of carbonyl (C=O) groups is 1. The topological polar surface area (TPSA) is 29.1 Å². The lowest BCUT2D eigenvalue weighted by Crippen LogP contribution is -2.24. The predicted molar refractivity (Wildman–Crippen MR) is 72.0 cm³/mol. The minimum atomic E-state index is -0.931. The number of rotatable bonds is 2. The molecule has 0 heterocycles. The third-order valence-corrected chi connectivity index (χ3v) is 2.59. The molecule has 0 bridgehead atoms. The zero-order valence-corrected chi connectivity index (χ0v) is 10.8. The van der Waals surface area contributed by atoms with Crippen LogP contribution >= 0.6 is 0 Å². The third-order valence-electron chi connectivity index (χ3n) is 2.59. The lowest BCUT2D eigenvalue weighted by atomic mass is 10.2. The monoisotopic (exact) mass is 289 g/mol. The van der Waals surface area contributed by atoms with Crippen molar-refractivity contribution in [3.63, 3.8) is 0 Å². The number of hydrogen-bond donors (Lipinski definition) is 1. The summed E-state index contributed by atoms with van der Waals surface area (Å²) in [6.07, 6.45) is 0. The van der Waals surface area contributed by atoms with Gasteiger partial charge >= 0.3 is 0 Å². The second kappa shape index (κ2) is 6.62. The summed E-state index contributed by atoms with van der Waals surface area (Å²) >= 11 is 0. The summed E-state index contributed by atoms with van der Waals surface area (Å²) in [5.41, 5.74) is 0.346. The van der Waals surface area contributed by atoms with Gasteiger partial charge in [-0.2, -0.15) is 0 Å². The van der Waals surface area contributed by atoms with Crippen LogP contribution in [0.2, 0.25) is 0 Å². The van der Waals surface area contributed by atoms with E-state index in [0.29, 0.717) is 11.6 Å². The Kier molecular flexibility index (Phi) is 4.62. The summed E-state index contributed by atoms with van der Waals surface area (Å²) < 4.78 is 38.7. The van der Waals surface area contributed by atoms with Crippen molar-refractivity contribution in [2.75, 3.05) is 6.54 Å². The second-order valence-corrected chi connectivity index (χ2v) is 4.12. The Labute approximate surface area is 119 Å². The van der Waals surface area contributed by atoms with Crippen molar-refractivity contribution in [3.05, 3.63) is 71.0 Å². The van der Waals surface area contributed by atoms with Gasteiger partial charge in [-0.1, -0.05) is 11.8 Å². The molecule has 0 spiro atoms. The van der Waals surface area contributed by atoms with Crippen LogP contribution in [0.15, 0.2) is 42.5 Å². The van der Waals surface area contributed by atoms with E-state index in [4.69, 9.17) is 0 Å². The van der Waals surface area contributed by atoms with E-state index in [1.54, 1.807) is 0 Å². The molecule has 2 aromatic carbocycles. The average molecular weight is 289 g/mol. The maximum atomic E-state index is 13.3. The van der Waals surface area contributed by atoms with Gasteiger partial charge in [0.25, 0.3) is 5.91 Å². The maximum Gasteiger partial charge on any atom is 0.255 e. The fraction of sp³-hybridized carbons (Fsp3) is 0.0625. The molecule has 0 radical (unpaired) electrons. The van der Waals surface area contributed by atoms with Crippen molar-refractivity contribution in [3.8, 4) is 11.8 Å².